The van der Waals surface area contributed by atoms with Crippen LogP contribution >= 0.6 is 15.9 Å². The summed E-state index contributed by atoms with van der Waals surface area (Å²) in [4.78, 5) is 8.90. The van der Waals surface area contributed by atoms with Gasteiger partial charge in [-0.25, -0.2) is 9.97 Å². The van der Waals surface area contributed by atoms with Gasteiger partial charge in [0.15, 0.2) is 0 Å². The number of nitrogens with zero attached hydrogens (tertiary/aromatic N) is 3. The monoisotopic (exact) mass is 312 g/mol. The zero-order chi connectivity index (χ0) is 13.1. The Morgan fingerprint density at radius 2 is 2.06 bits per heavy atom. The number of aromatic nitrogens is 2. The molecule has 4 nitrogen and oxygen atoms in total. The highest BCUT2D eigenvalue weighted by Gasteiger charge is 2.31. The molecule has 0 saturated carbocycles. The molecule has 1 aromatic rings. The van der Waals surface area contributed by atoms with Crippen LogP contribution in [0.2, 0.25) is 0 Å². The summed E-state index contributed by atoms with van der Waals surface area (Å²) in [5, 5.41) is 2.77. The largest absolute Gasteiger partial charge is 0.405 e. The van der Waals surface area contributed by atoms with Gasteiger partial charge in [-0.2, -0.15) is 13.2 Å². The van der Waals surface area contributed by atoms with Crippen molar-refractivity contribution in [1.82, 2.24) is 9.97 Å². The maximum absolute atomic E-state index is 12.4. The first-order valence-corrected chi connectivity index (χ1v) is 5.68. The van der Waals surface area contributed by atoms with Crippen LogP contribution in [0.4, 0.5) is 24.8 Å². The van der Waals surface area contributed by atoms with Gasteiger partial charge in [-0.1, -0.05) is 0 Å². The maximum Gasteiger partial charge on any atom is 0.405 e. The van der Waals surface area contributed by atoms with Crippen LogP contribution in [-0.2, 0) is 0 Å². The Morgan fingerprint density at radius 3 is 2.53 bits per heavy atom. The van der Waals surface area contributed by atoms with Crippen molar-refractivity contribution in [1.29, 1.82) is 0 Å². The van der Waals surface area contributed by atoms with Crippen molar-refractivity contribution in [3.8, 4) is 0 Å². The molecule has 1 N–H and O–H groups in total. The van der Waals surface area contributed by atoms with Gasteiger partial charge in [-0.15, -0.1) is 0 Å². The molecule has 1 aromatic heterocycles. The normalized spacial score (nSPS) is 11.4. The summed E-state index contributed by atoms with van der Waals surface area (Å²) in [6.45, 7) is 0.805. The van der Waals surface area contributed by atoms with E-state index in [2.05, 4.69) is 31.2 Å². The highest BCUT2D eigenvalue weighted by atomic mass is 79.9. The van der Waals surface area contributed by atoms with Gasteiger partial charge in [-0.05, 0) is 22.9 Å². The maximum atomic E-state index is 12.4. The van der Waals surface area contributed by atoms with Gasteiger partial charge in [0.25, 0.3) is 0 Å². The highest BCUT2D eigenvalue weighted by Crippen LogP contribution is 2.30. The average molecular weight is 313 g/mol. The second-order valence-electron chi connectivity index (χ2n) is 3.24. The van der Waals surface area contributed by atoms with Gasteiger partial charge in [0.2, 0.25) is 0 Å². The smallest absolute Gasteiger partial charge is 0.372 e. The lowest BCUT2D eigenvalue weighted by Crippen LogP contribution is -2.35. The van der Waals surface area contributed by atoms with E-state index in [1.54, 1.807) is 14.0 Å². The van der Waals surface area contributed by atoms with Crippen LogP contribution in [0.5, 0.6) is 0 Å². The van der Waals surface area contributed by atoms with E-state index in [1.807, 2.05) is 0 Å². The van der Waals surface area contributed by atoms with Crippen LogP contribution in [0.3, 0.4) is 0 Å². The van der Waals surface area contributed by atoms with E-state index in [-0.39, 0.29) is 12.4 Å². The van der Waals surface area contributed by atoms with Gasteiger partial charge in [-0.3, -0.25) is 0 Å². The molecule has 1 heterocycles. The molecule has 0 saturated heterocycles. The fourth-order valence-electron chi connectivity index (χ4n) is 1.31. The zero-order valence-corrected chi connectivity index (χ0v) is 10.9. The summed E-state index contributed by atoms with van der Waals surface area (Å²) in [6, 6.07) is 0. The Kier molecular flexibility index (Phi) is 4.55. The molecule has 0 aliphatic carbocycles. The fourth-order valence-corrected chi connectivity index (χ4v) is 1.96. The van der Waals surface area contributed by atoms with E-state index in [9.17, 15) is 13.2 Å². The second kappa shape index (κ2) is 5.52. The van der Waals surface area contributed by atoms with Crippen LogP contribution in [0, 0.1) is 0 Å². The molecule has 96 valence electrons. The third kappa shape index (κ3) is 3.72. The summed E-state index contributed by atoms with van der Waals surface area (Å²) >= 11 is 3.19. The molecular formula is C9H12BrF3N4. The van der Waals surface area contributed by atoms with Gasteiger partial charge in [0.05, 0.1) is 0 Å². The Hall–Kier alpha value is -1.05. The minimum absolute atomic E-state index is 0.207. The number of halogens is 4. The van der Waals surface area contributed by atoms with Gasteiger partial charge in [0, 0.05) is 13.6 Å². The molecule has 0 aliphatic rings. The average Bonchev–Trinajstić information content (AvgIpc) is 2.25. The molecule has 0 spiro atoms. The molecule has 0 unspecified atom stereocenters. The predicted molar refractivity (Wildman–Crippen MR) is 63.2 cm³/mol. The SMILES string of the molecule is CCN(CC(F)(F)F)c1ncnc(NC)c1Br. The lowest BCUT2D eigenvalue weighted by molar-refractivity contribution is -0.119. The van der Waals surface area contributed by atoms with Gasteiger partial charge >= 0.3 is 6.18 Å². The molecule has 0 aromatic carbocycles. The van der Waals surface area contributed by atoms with Crippen molar-refractivity contribution in [3.63, 3.8) is 0 Å². The third-order valence-electron chi connectivity index (χ3n) is 2.06. The van der Waals surface area contributed by atoms with E-state index >= 15 is 0 Å². The molecule has 0 radical (unpaired) electrons. The first-order valence-electron chi connectivity index (χ1n) is 4.89. The zero-order valence-electron chi connectivity index (χ0n) is 9.35. The summed E-state index contributed by atoms with van der Waals surface area (Å²) in [5.74, 6) is 0.680. The minimum Gasteiger partial charge on any atom is -0.372 e. The number of rotatable bonds is 4. The molecule has 0 atom stereocenters. The van der Waals surface area contributed by atoms with Crippen LogP contribution in [0.25, 0.3) is 0 Å². The fraction of sp³-hybridized carbons (Fsp3) is 0.556. The Labute approximate surface area is 105 Å². The Bertz CT molecular complexity index is 383. The highest BCUT2D eigenvalue weighted by molar-refractivity contribution is 9.10. The lowest BCUT2D eigenvalue weighted by atomic mass is 10.4. The lowest BCUT2D eigenvalue weighted by Gasteiger charge is -2.24. The van der Waals surface area contributed by atoms with Crippen molar-refractivity contribution in [2.75, 3.05) is 30.4 Å². The van der Waals surface area contributed by atoms with E-state index in [1.165, 1.54) is 6.33 Å². The summed E-state index contributed by atoms with van der Waals surface area (Å²) in [7, 11) is 1.64. The summed E-state index contributed by atoms with van der Waals surface area (Å²) in [6.07, 6.45) is -3.04. The van der Waals surface area contributed by atoms with E-state index in [0.717, 1.165) is 4.90 Å². The second-order valence-corrected chi connectivity index (χ2v) is 4.03. The molecule has 0 bridgehead atoms. The number of nitrogens with one attached hydrogen (secondary N) is 1. The molecule has 0 amide bonds. The first-order chi connectivity index (χ1) is 7.89. The van der Waals surface area contributed by atoms with E-state index in [0.29, 0.717) is 10.3 Å². The predicted octanol–water partition coefficient (Wildman–Crippen LogP) is 2.67. The third-order valence-corrected chi connectivity index (χ3v) is 2.79. The molecule has 1 rings (SSSR count). The molecule has 17 heavy (non-hydrogen) atoms. The van der Waals surface area contributed by atoms with Gasteiger partial charge < -0.3 is 10.2 Å². The minimum atomic E-state index is -4.26. The van der Waals surface area contributed by atoms with Crippen LogP contribution in [0.1, 0.15) is 6.92 Å². The number of alkyl halides is 3. The number of hydrogen-bond acceptors (Lipinski definition) is 4. The van der Waals surface area contributed by atoms with Gasteiger partial charge in [0.1, 0.15) is 29.0 Å². The van der Waals surface area contributed by atoms with Crippen molar-refractivity contribution < 1.29 is 13.2 Å². The molecular weight excluding hydrogens is 301 g/mol. The number of hydrogen-bond donors (Lipinski definition) is 1. The first kappa shape index (κ1) is 14.0. The molecule has 0 fully saturated rings. The standard InChI is InChI=1S/C9H12BrF3N4/c1-3-17(4-9(11,12)13)8-6(10)7(14-2)15-5-16-8/h5H,3-4H2,1-2H3,(H,14,15,16). The van der Waals surface area contributed by atoms with Crippen molar-refractivity contribution in [3.05, 3.63) is 10.8 Å². The summed E-state index contributed by atoms with van der Waals surface area (Å²) in [5.41, 5.74) is 0. The van der Waals surface area contributed by atoms with Crippen molar-refractivity contribution in [2.45, 2.75) is 13.1 Å². The Morgan fingerprint density at radius 1 is 1.41 bits per heavy atom. The van der Waals surface area contributed by atoms with Crippen LogP contribution in [-0.4, -0.2) is 36.3 Å². The van der Waals surface area contributed by atoms with Crippen LogP contribution < -0.4 is 10.2 Å². The number of anilines is 2. The summed E-state index contributed by atoms with van der Waals surface area (Å²) < 4.78 is 37.6. The van der Waals surface area contributed by atoms with Crippen molar-refractivity contribution in [2.24, 2.45) is 0 Å². The Balaban J connectivity index is 3.04. The molecule has 8 heteroatoms. The van der Waals surface area contributed by atoms with Crippen LogP contribution in [0.15, 0.2) is 10.8 Å². The topological polar surface area (TPSA) is 41.1 Å². The quantitative estimate of drug-likeness (QED) is 0.928. The van der Waals surface area contributed by atoms with E-state index in [4.69, 9.17) is 0 Å². The molecule has 0 aliphatic heterocycles. The van der Waals surface area contributed by atoms with Crippen molar-refractivity contribution >= 4 is 27.6 Å². The van der Waals surface area contributed by atoms with E-state index < -0.39 is 12.7 Å².